The van der Waals surface area contributed by atoms with Gasteiger partial charge in [0.1, 0.15) is 12.1 Å². The molecule has 3 amide bonds. The van der Waals surface area contributed by atoms with E-state index in [1.165, 1.54) is 0 Å². The van der Waals surface area contributed by atoms with Crippen LogP contribution in [0, 0.1) is 5.92 Å². The van der Waals surface area contributed by atoms with Gasteiger partial charge in [0, 0.05) is 40.6 Å². The van der Waals surface area contributed by atoms with Crippen molar-refractivity contribution in [1.82, 2.24) is 25.9 Å². The largest absolute Gasteiger partial charge is 0.480 e. The number of hydrogen-bond donors (Lipinski definition) is 7. The predicted molar refractivity (Wildman–Crippen MR) is 151 cm³/mol. The maximum Gasteiger partial charge on any atom is 0.326 e. The molecule has 0 bridgehead atoms. The van der Waals surface area contributed by atoms with Gasteiger partial charge in [0.2, 0.25) is 17.7 Å². The number of carbonyl (C=O) groups is 4. The molecule has 40 heavy (non-hydrogen) atoms. The second-order valence-electron chi connectivity index (χ2n) is 10.1. The number of nitrogens with one attached hydrogen (secondary N) is 5. The van der Waals surface area contributed by atoms with Gasteiger partial charge in [-0.3, -0.25) is 14.4 Å². The summed E-state index contributed by atoms with van der Waals surface area (Å²) in [6, 6.07) is 12.1. The third-order valence-corrected chi connectivity index (χ3v) is 6.85. The lowest BCUT2D eigenvalue weighted by Gasteiger charge is -2.24. The van der Waals surface area contributed by atoms with Gasteiger partial charge in [-0.1, -0.05) is 50.2 Å². The van der Waals surface area contributed by atoms with Gasteiger partial charge in [-0.2, -0.15) is 0 Å². The fraction of sp³-hybridized carbons (Fsp3) is 0.310. The highest BCUT2D eigenvalue weighted by Crippen LogP contribution is 2.20. The number of aromatic nitrogens is 2. The predicted octanol–water partition coefficient (Wildman–Crippen LogP) is 1.59. The Morgan fingerprint density at radius 2 is 1.38 bits per heavy atom. The second kappa shape index (κ2) is 12.5. The van der Waals surface area contributed by atoms with Crippen molar-refractivity contribution in [2.75, 3.05) is 6.54 Å². The van der Waals surface area contributed by atoms with Crippen molar-refractivity contribution in [2.45, 2.75) is 44.8 Å². The molecule has 0 fully saturated rings. The number of rotatable bonds is 12. The van der Waals surface area contributed by atoms with Crippen LogP contribution in [0.25, 0.3) is 21.8 Å². The number of H-pyrrole nitrogens is 2. The zero-order valence-electron chi connectivity index (χ0n) is 22.4. The Labute approximate surface area is 230 Å². The number of carboxylic acid groups (broad SMARTS) is 1. The van der Waals surface area contributed by atoms with Crippen LogP contribution >= 0.6 is 0 Å². The van der Waals surface area contributed by atoms with Crippen LogP contribution in [0.4, 0.5) is 0 Å². The number of nitrogens with two attached hydrogens (primary N) is 1. The smallest absolute Gasteiger partial charge is 0.326 e. The fourth-order valence-electron chi connectivity index (χ4n) is 4.67. The number of amides is 3. The first-order valence-corrected chi connectivity index (χ1v) is 13.1. The first-order chi connectivity index (χ1) is 19.1. The Morgan fingerprint density at radius 3 is 1.93 bits per heavy atom. The molecule has 4 aromatic rings. The molecule has 0 aliphatic heterocycles. The highest BCUT2D eigenvalue weighted by Gasteiger charge is 2.29. The quantitative estimate of drug-likeness (QED) is 0.142. The number of hydrogen-bond acceptors (Lipinski definition) is 5. The van der Waals surface area contributed by atoms with Gasteiger partial charge in [0.05, 0.1) is 12.6 Å². The van der Waals surface area contributed by atoms with Crippen LogP contribution in [0.5, 0.6) is 0 Å². The first-order valence-electron chi connectivity index (χ1n) is 13.1. The normalized spacial score (nSPS) is 13.6. The van der Waals surface area contributed by atoms with Crippen LogP contribution in [-0.2, 0) is 32.0 Å². The van der Waals surface area contributed by atoms with E-state index in [-0.39, 0.29) is 25.3 Å². The molecule has 0 saturated carbocycles. The van der Waals surface area contributed by atoms with E-state index in [1.54, 1.807) is 26.2 Å². The molecule has 210 valence electrons. The summed E-state index contributed by atoms with van der Waals surface area (Å²) in [5.41, 5.74) is 9.52. The van der Waals surface area contributed by atoms with E-state index in [0.29, 0.717) is 0 Å². The summed E-state index contributed by atoms with van der Waals surface area (Å²) >= 11 is 0. The number of aliphatic carboxylic acids is 1. The topological polar surface area (TPSA) is 182 Å². The minimum atomic E-state index is -1.20. The molecule has 0 saturated heterocycles. The molecule has 2 aromatic heterocycles. The minimum absolute atomic E-state index is 0.0637. The van der Waals surface area contributed by atoms with Gasteiger partial charge in [-0.05, 0) is 35.6 Å². The van der Waals surface area contributed by atoms with Crippen LogP contribution in [0.3, 0.4) is 0 Å². The number of carboxylic acids is 1. The van der Waals surface area contributed by atoms with Crippen LogP contribution in [-0.4, -0.2) is 63.4 Å². The van der Waals surface area contributed by atoms with E-state index < -0.39 is 41.8 Å². The Hall–Kier alpha value is -4.64. The number of fused-ring (bicyclic) bond motifs is 2. The van der Waals surface area contributed by atoms with Gasteiger partial charge < -0.3 is 36.8 Å². The zero-order valence-corrected chi connectivity index (χ0v) is 22.4. The van der Waals surface area contributed by atoms with Gasteiger partial charge in [0.25, 0.3) is 0 Å². The molecule has 3 atom stereocenters. The Bertz CT molecular complexity index is 1520. The molecule has 2 aromatic carbocycles. The zero-order chi connectivity index (χ0) is 28.8. The molecule has 0 spiro atoms. The number of carbonyl (C=O) groups excluding carboxylic acids is 3. The van der Waals surface area contributed by atoms with Gasteiger partial charge in [-0.25, -0.2) is 4.79 Å². The highest BCUT2D eigenvalue weighted by molar-refractivity contribution is 5.93. The van der Waals surface area contributed by atoms with Crippen molar-refractivity contribution in [3.8, 4) is 0 Å². The summed E-state index contributed by atoms with van der Waals surface area (Å²) in [5.74, 6) is -3.26. The Balaban J connectivity index is 1.31. The molecular weight excluding hydrogens is 512 g/mol. The average Bonchev–Trinajstić information content (AvgIpc) is 3.53. The van der Waals surface area contributed by atoms with Crippen molar-refractivity contribution < 1.29 is 24.3 Å². The number of para-hydroxylation sites is 2. The number of benzene rings is 2. The Kier molecular flexibility index (Phi) is 8.85. The van der Waals surface area contributed by atoms with E-state index in [9.17, 15) is 24.3 Å². The van der Waals surface area contributed by atoms with Crippen molar-refractivity contribution in [3.05, 3.63) is 72.1 Å². The molecule has 0 aliphatic rings. The Morgan fingerprint density at radius 1 is 0.825 bits per heavy atom. The van der Waals surface area contributed by atoms with E-state index in [1.807, 2.05) is 48.5 Å². The molecule has 3 unspecified atom stereocenters. The van der Waals surface area contributed by atoms with Gasteiger partial charge in [0.15, 0.2) is 0 Å². The second-order valence-corrected chi connectivity index (χ2v) is 10.1. The third kappa shape index (κ3) is 6.67. The summed E-state index contributed by atoms with van der Waals surface area (Å²) in [7, 11) is 0. The minimum Gasteiger partial charge on any atom is -0.480 e. The molecule has 8 N–H and O–H groups in total. The van der Waals surface area contributed by atoms with Crippen LogP contribution in [0.1, 0.15) is 25.0 Å². The summed E-state index contributed by atoms with van der Waals surface area (Å²) in [6.45, 7) is 3.08. The summed E-state index contributed by atoms with van der Waals surface area (Å²) < 4.78 is 0. The van der Waals surface area contributed by atoms with Gasteiger partial charge >= 0.3 is 5.97 Å². The monoisotopic (exact) mass is 546 g/mol. The number of aromatic amines is 2. The fourth-order valence-corrected chi connectivity index (χ4v) is 4.67. The van der Waals surface area contributed by atoms with E-state index in [0.717, 1.165) is 32.9 Å². The lowest BCUT2D eigenvalue weighted by Crippen LogP contribution is -2.56. The molecular formula is C29H34N6O5. The third-order valence-electron chi connectivity index (χ3n) is 6.85. The summed E-state index contributed by atoms with van der Waals surface area (Å²) in [5, 5.41) is 19.3. The van der Waals surface area contributed by atoms with E-state index in [4.69, 9.17) is 5.73 Å². The van der Waals surface area contributed by atoms with E-state index >= 15 is 0 Å². The maximum atomic E-state index is 13.1. The van der Waals surface area contributed by atoms with Crippen LogP contribution in [0.15, 0.2) is 60.9 Å². The van der Waals surface area contributed by atoms with Crippen molar-refractivity contribution in [2.24, 2.45) is 11.7 Å². The van der Waals surface area contributed by atoms with Crippen LogP contribution in [0.2, 0.25) is 0 Å². The maximum absolute atomic E-state index is 13.1. The SMILES string of the molecule is CC(C)C(NC(=O)CNC(=O)C(N)Cc1c[nH]c2ccccc12)C(=O)NC(Cc1c[nH]c2ccccc12)C(=O)O. The van der Waals surface area contributed by atoms with E-state index in [2.05, 4.69) is 25.9 Å². The standard InChI is InChI=1S/C29H34N6O5/c1-16(2)26(28(38)34-24(29(39)40)12-18-14-32-23-10-6-4-8-20(18)23)35-25(36)15-33-27(37)21(30)11-17-13-31-22-9-5-3-7-19(17)22/h3-10,13-14,16,21,24,26,31-32H,11-12,15,30H2,1-2H3,(H,33,37)(H,34,38)(H,35,36)(H,39,40). The highest BCUT2D eigenvalue weighted by atomic mass is 16.4. The van der Waals surface area contributed by atoms with Gasteiger partial charge in [-0.15, -0.1) is 0 Å². The molecule has 4 rings (SSSR count). The molecule has 0 radical (unpaired) electrons. The lowest BCUT2D eigenvalue weighted by molar-refractivity contribution is -0.142. The summed E-state index contributed by atoms with van der Waals surface area (Å²) in [6.07, 6.45) is 3.87. The molecule has 2 heterocycles. The average molecular weight is 547 g/mol. The van der Waals surface area contributed by atoms with Crippen molar-refractivity contribution >= 4 is 45.5 Å². The molecule has 11 heteroatoms. The van der Waals surface area contributed by atoms with Crippen molar-refractivity contribution in [1.29, 1.82) is 0 Å². The van der Waals surface area contributed by atoms with Crippen LogP contribution < -0.4 is 21.7 Å². The first kappa shape index (κ1) is 28.4. The summed E-state index contributed by atoms with van der Waals surface area (Å²) in [4.78, 5) is 56.4. The molecule has 0 aliphatic carbocycles. The molecule has 11 nitrogen and oxygen atoms in total. The lowest BCUT2D eigenvalue weighted by atomic mass is 10.0. The van der Waals surface area contributed by atoms with Crippen molar-refractivity contribution in [3.63, 3.8) is 0 Å².